The van der Waals surface area contributed by atoms with Gasteiger partial charge in [-0.05, 0) is 30.7 Å². The molecule has 3 aromatic rings. The lowest BCUT2D eigenvalue weighted by Crippen LogP contribution is -2.24. The van der Waals surface area contributed by atoms with Gasteiger partial charge in [0.1, 0.15) is 0 Å². The first-order chi connectivity index (χ1) is 11.6. The number of benzene rings is 2. The maximum atomic E-state index is 12.2. The molecule has 0 aliphatic carbocycles. The van der Waals surface area contributed by atoms with Crippen molar-refractivity contribution < 1.29 is 4.79 Å². The van der Waals surface area contributed by atoms with Crippen LogP contribution in [0.5, 0.6) is 0 Å². The highest BCUT2D eigenvalue weighted by Crippen LogP contribution is 2.22. The highest BCUT2D eigenvalue weighted by atomic mass is 35.5. The number of carbonyl (C=O) groups is 1. The van der Waals surface area contributed by atoms with E-state index in [1.807, 2.05) is 61.5 Å². The van der Waals surface area contributed by atoms with Gasteiger partial charge in [-0.3, -0.25) is 9.78 Å². The first kappa shape index (κ1) is 16.2. The van der Waals surface area contributed by atoms with E-state index in [0.717, 1.165) is 22.0 Å². The molecular weight excluding hydrogens is 320 g/mol. The zero-order valence-electron chi connectivity index (χ0n) is 13.2. The van der Waals surface area contributed by atoms with Crippen LogP contribution in [0.4, 0.5) is 0 Å². The number of hydrogen-bond acceptors (Lipinski definition) is 2. The van der Waals surface area contributed by atoms with E-state index in [0.29, 0.717) is 5.02 Å². The van der Waals surface area contributed by atoms with E-state index in [1.165, 1.54) is 6.08 Å². The van der Waals surface area contributed by atoms with Gasteiger partial charge in [-0.1, -0.05) is 54.1 Å². The second-order valence-corrected chi connectivity index (χ2v) is 5.91. The quantitative estimate of drug-likeness (QED) is 0.697. The number of hydrogen-bond donors (Lipinski definition) is 1. The number of fused-ring (bicyclic) bond motifs is 1. The highest BCUT2D eigenvalue weighted by Gasteiger charge is 2.10. The summed E-state index contributed by atoms with van der Waals surface area (Å²) in [7, 11) is 0. The van der Waals surface area contributed by atoms with Gasteiger partial charge in [-0.15, -0.1) is 0 Å². The molecule has 3 rings (SSSR count). The number of aromatic nitrogens is 1. The van der Waals surface area contributed by atoms with Crippen LogP contribution >= 0.6 is 11.6 Å². The van der Waals surface area contributed by atoms with Crippen molar-refractivity contribution in [1.29, 1.82) is 0 Å². The van der Waals surface area contributed by atoms with Gasteiger partial charge in [0.05, 0.1) is 11.6 Å². The summed E-state index contributed by atoms with van der Waals surface area (Å²) in [6, 6.07) is 17.1. The third kappa shape index (κ3) is 3.63. The molecule has 0 bridgehead atoms. The van der Waals surface area contributed by atoms with Crippen molar-refractivity contribution in [1.82, 2.24) is 10.3 Å². The molecule has 0 radical (unpaired) electrons. The lowest BCUT2D eigenvalue weighted by molar-refractivity contribution is -0.117. The number of rotatable bonds is 4. The summed E-state index contributed by atoms with van der Waals surface area (Å²) in [4.78, 5) is 16.6. The summed E-state index contributed by atoms with van der Waals surface area (Å²) in [5.41, 5.74) is 2.68. The molecule has 1 aromatic heterocycles. The highest BCUT2D eigenvalue weighted by molar-refractivity contribution is 6.31. The molecule has 1 unspecified atom stereocenters. The normalized spacial score (nSPS) is 12.4. The average Bonchev–Trinajstić information content (AvgIpc) is 2.60. The molecule has 0 saturated heterocycles. The summed E-state index contributed by atoms with van der Waals surface area (Å²) in [6.07, 6.45) is 5.06. The van der Waals surface area contributed by atoms with E-state index in [4.69, 9.17) is 11.6 Å². The van der Waals surface area contributed by atoms with Crippen LogP contribution in [-0.4, -0.2) is 10.9 Å². The predicted molar refractivity (Wildman–Crippen MR) is 98.8 cm³/mol. The first-order valence-corrected chi connectivity index (χ1v) is 8.09. The van der Waals surface area contributed by atoms with Crippen molar-refractivity contribution in [3.63, 3.8) is 0 Å². The van der Waals surface area contributed by atoms with Gasteiger partial charge >= 0.3 is 0 Å². The second-order valence-electron chi connectivity index (χ2n) is 5.51. The van der Waals surface area contributed by atoms with E-state index in [1.54, 1.807) is 12.3 Å². The summed E-state index contributed by atoms with van der Waals surface area (Å²) in [5.74, 6) is -0.171. The molecule has 1 heterocycles. The van der Waals surface area contributed by atoms with E-state index >= 15 is 0 Å². The number of halogens is 1. The van der Waals surface area contributed by atoms with Crippen LogP contribution in [0.2, 0.25) is 5.02 Å². The Hall–Kier alpha value is -2.65. The van der Waals surface area contributed by atoms with Gasteiger partial charge in [-0.25, -0.2) is 0 Å². The van der Waals surface area contributed by atoms with Crippen LogP contribution in [0.25, 0.3) is 17.0 Å². The van der Waals surface area contributed by atoms with E-state index in [2.05, 4.69) is 10.3 Å². The summed E-state index contributed by atoms with van der Waals surface area (Å²) in [5, 5.41) is 4.62. The van der Waals surface area contributed by atoms with E-state index < -0.39 is 0 Å². The molecule has 24 heavy (non-hydrogen) atoms. The first-order valence-electron chi connectivity index (χ1n) is 7.72. The number of pyridine rings is 1. The lowest BCUT2D eigenvalue weighted by Gasteiger charge is -2.14. The van der Waals surface area contributed by atoms with Crippen molar-refractivity contribution in [2.75, 3.05) is 0 Å². The van der Waals surface area contributed by atoms with E-state index in [9.17, 15) is 4.79 Å². The molecule has 1 amide bonds. The third-order valence-corrected chi connectivity index (χ3v) is 4.15. The van der Waals surface area contributed by atoms with Gasteiger partial charge in [-0.2, -0.15) is 0 Å². The average molecular weight is 337 g/mol. The minimum atomic E-state index is -0.171. The van der Waals surface area contributed by atoms with Crippen molar-refractivity contribution in [3.8, 4) is 0 Å². The van der Waals surface area contributed by atoms with Gasteiger partial charge in [0.2, 0.25) is 5.91 Å². The summed E-state index contributed by atoms with van der Waals surface area (Å²) < 4.78 is 0. The molecule has 1 N–H and O–H groups in total. The topological polar surface area (TPSA) is 42.0 Å². The zero-order valence-corrected chi connectivity index (χ0v) is 14.0. The Morgan fingerprint density at radius 2 is 1.92 bits per heavy atom. The molecule has 4 heteroatoms. The number of amides is 1. The van der Waals surface area contributed by atoms with Gasteiger partial charge < -0.3 is 5.32 Å². The molecule has 2 aromatic carbocycles. The Morgan fingerprint density at radius 1 is 1.12 bits per heavy atom. The van der Waals surface area contributed by atoms with Crippen molar-refractivity contribution >= 4 is 34.5 Å². The van der Waals surface area contributed by atoms with Crippen LogP contribution in [0.15, 0.2) is 66.9 Å². The number of nitrogens with zero attached hydrogens (tertiary/aromatic N) is 1. The van der Waals surface area contributed by atoms with Gasteiger partial charge in [0.25, 0.3) is 0 Å². The second kappa shape index (κ2) is 7.28. The minimum Gasteiger partial charge on any atom is -0.346 e. The summed E-state index contributed by atoms with van der Waals surface area (Å²) in [6.45, 7) is 1.91. The maximum absolute atomic E-state index is 12.2. The Morgan fingerprint density at radius 3 is 2.75 bits per heavy atom. The number of para-hydroxylation sites is 1. The Kier molecular flexibility index (Phi) is 4.92. The Labute approximate surface area is 146 Å². The predicted octanol–water partition coefficient (Wildman–Crippen LogP) is 4.78. The van der Waals surface area contributed by atoms with Crippen molar-refractivity contribution in [3.05, 3.63) is 83.0 Å². The van der Waals surface area contributed by atoms with Crippen molar-refractivity contribution in [2.45, 2.75) is 13.0 Å². The van der Waals surface area contributed by atoms with Gasteiger partial charge in [0, 0.05) is 28.2 Å². The largest absolute Gasteiger partial charge is 0.346 e. The minimum absolute atomic E-state index is 0.165. The third-order valence-electron chi connectivity index (χ3n) is 3.81. The number of nitrogens with one attached hydrogen (secondary N) is 1. The molecule has 1 atom stereocenters. The monoisotopic (exact) mass is 336 g/mol. The smallest absolute Gasteiger partial charge is 0.244 e. The van der Waals surface area contributed by atoms with Crippen LogP contribution in [0.3, 0.4) is 0 Å². The SMILES string of the molecule is CC(NC(=O)C=Cc1cccc2cccnc12)c1ccccc1Cl. The van der Waals surface area contributed by atoms with Crippen LogP contribution in [0.1, 0.15) is 24.1 Å². The fraction of sp³-hybridized carbons (Fsp3) is 0.100. The van der Waals surface area contributed by atoms with Crippen LogP contribution in [-0.2, 0) is 4.79 Å². The lowest BCUT2D eigenvalue weighted by atomic mass is 10.1. The maximum Gasteiger partial charge on any atom is 0.244 e. The fourth-order valence-corrected chi connectivity index (χ4v) is 2.89. The van der Waals surface area contributed by atoms with Crippen molar-refractivity contribution in [2.24, 2.45) is 0 Å². The van der Waals surface area contributed by atoms with Gasteiger partial charge in [0.15, 0.2) is 0 Å². The fourth-order valence-electron chi connectivity index (χ4n) is 2.59. The summed E-state index contributed by atoms with van der Waals surface area (Å²) >= 11 is 6.16. The van der Waals surface area contributed by atoms with Crippen LogP contribution in [0, 0.1) is 0 Å². The zero-order chi connectivity index (χ0) is 16.9. The molecule has 0 spiro atoms. The standard InChI is InChI=1S/C20H17ClN2O/c1-14(17-9-2-3-10-18(17)21)23-19(24)12-11-16-7-4-6-15-8-5-13-22-20(15)16/h2-14H,1H3,(H,23,24). The molecule has 0 fully saturated rings. The molecular formula is C20H17ClN2O. The molecule has 0 aliphatic rings. The molecule has 120 valence electrons. The molecule has 0 aliphatic heterocycles. The Bertz CT molecular complexity index is 900. The number of carbonyl (C=O) groups excluding carboxylic acids is 1. The van der Waals surface area contributed by atoms with Crippen LogP contribution < -0.4 is 5.32 Å². The van der Waals surface area contributed by atoms with E-state index in [-0.39, 0.29) is 11.9 Å². The molecule has 0 saturated carbocycles. The Balaban J connectivity index is 1.74. The molecule has 3 nitrogen and oxygen atoms in total.